The summed E-state index contributed by atoms with van der Waals surface area (Å²) >= 11 is 7.31. The number of nitrogens with one attached hydrogen (secondary N) is 1. The lowest BCUT2D eigenvalue weighted by Gasteiger charge is -2.24. The fraction of sp³-hybridized carbons (Fsp3) is 0.222. The first-order chi connectivity index (χ1) is 11.3. The van der Waals surface area contributed by atoms with Crippen molar-refractivity contribution in [2.45, 2.75) is 26.4 Å². The van der Waals surface area contributed by atoms with Gasteiger partial charge in [0.2, 0.25) is 0 Å². The van der Waals surface area contributed by atoms with Gasteiger partial charge in [0.1, 0.15) is 5.75 Å². The van der Waals surface area contributed by atoms with Crippen LogP contribution in [0.25, 0.3) is 10.2 Å². The molecule has 0 bridgehead atoms. The Bertz CT molecular complexity index is 888. The van der Waals surface area contributed by atoms with Crippen molar-refractivity contribution in [2.24, 2.45) is 0 Å². The molecule has 24 heavy (non-hydrogen) atoms. The predicted octanol–water partition coefficient (Wildman–Crippen LogP) is 5.05. The molecule has 6 heteroatoms. The summed E-state index contributed by atoms with van der Waals surface area (Å²) in [5.74, 6) is 0.327. The Morgan fingerprint density at radius 3 is 2.62 bits per heavy atom. The number of hydrogen-bond donors (Lipinski definition) is 1. The lowest BCUT2D eigenvalue weighted by Crippen LogP contribution is -2.42. The summed E-state index contributed by atoms with van der Waals surface area (Å²) in [5, 5.41) is 4.02. The molecule has 0 aliphatic heterocycles. The molecule has 1 N–H and O–H groups in total. The molecule has 0 aliphatic rings. The highest BCUT2D eigenvalue weighted by Gasteiger charge is 2.30. The van der Waals surface area contributed by atoms with Crippen molar-refractivity contribution < 1.29 is 9.53 Å². The molecular formula is C18H17ClN2O2S. The van der Waals surface area contributed by atoms with E-state index in [-0.39, 0.29) is 5.91 Å². The van der Waals surface area contributed by atoms with Gasteiger partial charge < -0.3 is 4.74 Å². The zero-order valence-corrected chi connectivity index (χ0v) is 15.2. The number of carbonyl (C=O) groups excluding carboxylic acids is 1. The van der Waals surface area contributed by atoms with Crippen molar-refractivity contribution in [2.75, 3.05) is 5.32 Å². The number of thiazole rings is 1. The fourth-order valence-electron chi connectivity index (χ4n) is 2.18. The largest absolute Gasteiger partial charge is 0.478 e. The average molecular weight is 361 g/mol. The van der Waals surface area contributed by atoms with Gasteiger partial charge in [-0.15, -0.1) is 0 Å². The van der Waals surface area contributed by atoms with Crippen LogP contribution in [0.1, 0.15) is 19.4 Å². The monoisotopic (exact) mass is 360 g/mol. The normalized spacial score (nSPS) is 11.5. The molecule has 0 radical (unpaired) electrons. The minimum atomic E-state index is -1.04. The van der Waals surface area contributed by atoms with E-state index < -0.39 is 5.60 Å². The van der Waals surface area contributed by atoms with Crippen LogP contribution in [0.2, 0.25) is 5.02 Å². The van der Waals surface area contributed by atoms with E-state index in [9.17, 15) is 4.79 Å². The van der Waals surface area contributed by atoms with Gasteiger partial charge in [0.05, 0.1) is 10.2 Å². The summed E-state index contributed by atoms with van der Waals surface area (Å²) in [6.45, 7) is 5.46. The van der Waals surface area contributed by atoms with E-state index >= 15 is 0 Å². The molecule has 3 aromatic rings. The first-order valence-corrected chi connectivity index (χ1v) is 8.66. The minimum absolute atomic E-state index is 0.256. The predicted molar refractivity (Wildman–Crippen MR) is 99.1 cm³/mol. The highest BCUT2D eigenvalue weighted by Crippen LogP contribution is 2.28. The maximum absolute atomic E-state index is 12.6. The van der Waals surface area contributed by atoms with E-state index in [0.717, 1.165) is 15.8 Å². The molecule has 1 aromatic heterocycles. The first kappa shape index (κ1) is 16.7. The molecule has 3 rings (SSSR count). The Labute approximate surface area is 149 Å². The smallest absolute Gasteiger partial charge is 0.269 e. The summed E-state index contributed by atoms with van der Waals surface area (Å²) in [6, 6.07) is 12.9. The third-order valence-corrected chi connectivity index (χ3v) is 4.68. The second-order valence-corrected chi connectivity index (χ2v) is 7.48. The molecule has 0 saturated heterocycles. The number of fused-ring (bicyclic) bond motifs is 1. The number of amides is 1. The number of ether oxygens (including phenoxy) is 1. The Morgan fingerprint density at radius 1 is 1.21 bits per heavy atom. The van der Waals surface area contributed by atoms with Gasteiger partial charge in [-0.3, -0.25) is 10.1 Å². The van der Waals surface area contributed by atoms with E-state index in [1.165, 1.54) is 11.3 Å². The van der Waals surface area contributed by atoms with Crippen molar-refractivity contribution in [1.29, 1.82) is 0 Å². The van der Waals surface area contributed by atoms with Crippen molar-refractivity contribution in [3.05, 3.63) is 53.1 Å². The van der Waals surface area contributed by atoms with E-state index in [1.807, 2.05) is 19.1 Å². The Hall–Kier alpha value is -2.11. The Kier molecular flexibility index (Phi) is 4.47. The summed E-state index contributed by atoms with van der Waals surface area (Å²) in [5.41, 5.74) is 0.995. The highest BCUT2D eigenvalue weighted by atomic mass is 35.5. The summed E-state index contributed by atoms with van der Waals surface area (Å²) in [4.78, 5) is 17.0. The van der Waals surface area contributed by atoms with Gasteiger partial charge in [0.15, 0.2) is 10.7 Å². The lowest BCUT2D eigenvalue weighted by atomic mass is 10.1. The average Bonchev–Trinajstić information content (AvgIpc) is 2.90. The van der Waals surface area contributed by atoms with Gasteiger partial charge in [-0.25, -0.2) is 4.98 Å². The van der Waals surface area contributed by atoms with Crippen LogP contribution in [0.4, 0.5) is 5.13 Å². The molecule has 1 amide bonds. The van der Waals surface area contributed by atoms with Gasteiger partial charge in [-0.1, -0.05) is 29.0 Å². The minimum Gasteiger partial charge on any atom is -0.478 e. The van der Waals surface area contributed by atoms with Crippen LogP contribution in [0.3, 0.4) is 0 Å². The van der Waals surface area contributed by atoms with E-state index in [1.54, 1.807) is 38.1 Å². The number of aromatic nitrogens is 1. The summed E-state index contributed by atoms with van der Waals surface area (Å²) < 4.78 is 6.83. The van der Waals surface area contributed by atoms with Gasteiger partial charge in [0, 0.05) is 5.02 Å². The molecule has 0 atom stereocenters. The highest BCUT2D eigenvalue weighted by molar-refractivity contribution is 7.22. The van der Waals surface area contributed by atoms with Crippen LogP contribution < -0.4 is 10.1 Å². The molecule has 124 valence electrons. The SMILES string of the molecule is Cc1ccc2nc(NC(=O)C(C)(C)Oc3ccc(Cl)cc3)sc2c1. The molecule has 0 saturated carbocycles. The zero-order valence-electron chi connectivity index (χ0n) is 13.6. The topological polar surface area (TPSA) is 51.2 Å². The molecule has 2 aromatic carbocycles. The molecule has 0 aliphatic carbocycles. The number of nitrogens with zero attached hydrogens (tertiary/aromatic N) is 1. The van der Waals surface area contributed by atoms with Crippen LogP contribution in [0.5, 0.6) is 5.75 Å². The number of aryl methyl sites for hydroxylation is 1. The molecule has 0 fully saturated rings. The number of benzene rings is 2. The maximum atomic E-state index is 12.6. The second-order valence-electron chi connectivity index (χ2n) is 6.01. The number of rotatable bonds is 4. The quantitative estimate of drug-likeness (QED) is 0.707. The standard InChI is InChI=1S/C18H17ClN2O2S/c1-11-4-9-14-15(10-11)24-17(20-14)21-16(22)18(2,3)23-13-7-5-12(19)6-8-13/h4-10H,1-3H3,(H,20,21,22). The molecule has 4 nitrogen and oxygen atoms in total. The van der Waals surface area contributed by atoms with Crippen molar-refractivity contribution >= 4 is 44.2 Å². The number of hydrogen-bond acceptors (Lipinski definition) is 4. The van der Waals surface area contributed by atoms with Crippen LogP contribution in [-0.4, -0.2) is 16.5 Å². The maximum Gasteiger partial charge on any atom is 0.269 e. The van der Waals surface area contributed by atoms with Gasteiger partial charge in [-0.05, 0) is 62.7 Å². The Balaban J connectivity index is 1.75. The molecular weight excluding hydrogens is 344 g/mol. The molecule has 0 spiro atoms. The van der Waals surface area contributed by atoms with Crippen LogP contribution in [0, 0.1) is 6.92 Å². The molecule has 1 heterocycles. The van der Waals surface area contributed by atoms with Crippen molar-refractivity contribution in [3.63, 3.8) is 0 Å². The third-order valence-electron chi connectivity index (χ3n) is 3.50. The van der Waals surface area contributed by atoms with Gasteiger partial charge >= 0.3 is 0 Å². The summed E-state index contributed by atoms with van der Waals surface area (Å²) in [6.07, 6.45) is 0. The van der Waals surface area contributed by atoms with Crippen LogP contribution in [-0.2, 0) is 4.79 Å². The Morgan fingerprint density at radius 2 is 1.92 bits per heavy atom. The second kappa shape index (κ2) is 6.42. The lowest BCUT2D eigenvalue weighted by molar-refractivity contribution is -0.128. The molecule has 0 unspecified atom stereocenters. The number of carbonyl (C=O) groups is 1. The number of halogens is 1. The van der Waals surface area contributed by atoms with Crippen LogP contribution in [0.15, 0.2) is 42.5 Å². The van der Waals surface area contributed by atoms with Crippen molar-refractivity contribution in [3.8, 4) is 5.75 Å². The third kappa shape index (κ3) is 3.68. The first-order valence-electron chi connectivity index (χ1n) is 7.47. The number of anilines is 1. The fourth-order valence-corrected chi connectivity index (χ4v) is 3.26. The van der Waals surface area contributed by atoms with Crippen molar-refractivity contribution in [1.82, 2.24) is 4.98 Å². The van der Waals surface area contributed by atoms with Crippen LogP contribution >= 0.6 is 22.9 Å². The van der Waals surface area contributed by atoms with Gasteiger partial charge in [0.25, 0.3) is 5.91 Å². The zero-order chi connectivity index (χ0) is 17.3. The van der Waals surface area contributed by atoms with E-state index in [4.69, 9.17) is 16.3 Å². The van der Waals surface area contributed by atoms with E-state index in [0.29, 0.717) is 15.9 Å². The van der Waals surface area contributed by atoms with Gasteiger partial charge in [-0.2, -0.15) is 0 Å². The summed E-state index contributed by atoms with van der Waals surface area (Å²) in [7, 11) is 0. The van der Waals surface area contributed by atoms with E-state index in [2.05, 4.69) is 16.4 Å².